The molecule has 0 saturated heterocycles. The third-order valence-corrected chi connectivity index (χ3v) is 5.04. The van der Waals surface area contributed by atoms with Crippen LogP contribution >= 0.6 is 11.3 Å². The van der Waals surface area contributed by atoms with Crippen molar-refractivity contribution >= 4 is 28.8 Å². The first-order valence-corrected chi connectivity index (χ1v) is 9.85. The van der Waals surface area contributed by atoms with E-state index in [1.54, 1.807) is 0 Å². The Morgan fingerprint density at radius 1 is 0.963 bits per heavy atom. The zero-order chi connectivity index (χ0) is 19.1. The van der Waals surface area contributed by atoms with Gasteiger partial charge in [0.1, 0.15) is 0 Å². The molecule has 0 aliphatic heterocycles. The average Bonchev–Trinajstić information content (AvgIpc) is 3.18. The third kappa shape index (κ3) is 5.05. The average molecular weight is 378 g/mol. The molecule has 5 heteroatoms. The Balaban J connectivity index is 1.60. The molecule has 27 heavy (non-hydrogen) atoms. The van der Waals surface area contributed by atoms with Crippen LogP contribution in [0.1, 0.15) is 35.0 Å². The fourth-order valence-electron chi connectivity index (χ4n) is 2.75. The number of thiophene rings is 1. The molecule has 2 N–H and O–H groups in total. The molecule has 0 saturated carbocycles. The molecule has 1 heterocycles. The largest absolute Gasteiger partial charge is 0.347 e. The normalized spacial score (nSPS) is 10.4. The number of anilines is 1. The molecular formula is C22H22N2O2S. The lowest BCUT2D eigenvalue weighted by molar-refractivity contribution is -0.116. The minimum absolute atomic E-state index is 0.0182. The summed E-state index contributed by atoms with van der Waals surface area (Å²) in [5.41, 5.74) is 3.74. The fraction of sp³-hybridized carbons (Fsp3) is 0.182. The van der Waals surface area contributed by atoms with Gasteiger partial charge in [-0.3, -0.25) is 9.59 Å². The van der Waals surface area contributed by atoms with Crippen molar-refractivity contribution < 1.29 is 9.59 Å². The first kappa shape index (κ1) is 18.9. The van der Waals surface area contributed by atoms with Gasteiger partial charge in [0.05, 0.1) is 4.88 Å². The molecule has 2 amide bonds. The minimum Gasteiger partial charge on any atom is -0.347 e. The van der Waals surface area contributed by atoms with Crippen LogP contribution in [0.4, 0.5) is 5.69 Å². The van der Waals surface area contributed by atoms with E-state index in [1.165, 1.54) is 11.3 Å². The van der Waals surface area contributed by atoms with Gasteiger partial charge in [-0.05, 0) is 41.1 Å². The molecule has 0 aliphatic rings. The first-order chi connectivity index (χ1) is 13.2. The Hall–Kier alpha value is -2.92. The van der Waals surface area contributed by atoms with Gasteiger partial charge in [0.15, 0.2) is 0 Å². The van der Waals surface area contributed by atoms with E-state index in [4.69, 9.17) is 0 Å². The van der Waals surface area contributed by atoms with Gasteiger partial charge in [0, 0.05) is 24.2 Å². The monoisotopic (exact) mass is 378 g/mol. The van der Waals surface area contributed by atoms with Crippen molar-refractivity contribution in [2.45, 2.75) is 26.3 Å². The number of nitrogens with one attached hydrogen (secondary N) is 2. The van der Waals surface area contributed by atoms with E-state index in [0.717, 1.165) is 28.8 Å². The third-order valence-electron chi connectivity index (χ3n) is 4.12. The van der Waals surface area contributed by atoms with Crippen molar-refractivity contribution in [1.29, 1.82) is 0 Å². The van der Waals surface area contributed by atoms with Crippen LogP contribution in [0.25, 0.3) is 11.1 Å². The lowest BCUT2D eigenvalue weighted by Gasteiger charge is -2.08. The smallest absolute Gasteiger partial charge is 0.262 e. The zero-order valence-electron chi connectivity index (χ0n) is 15.2. The maximum atomic E-state index is 12.6. The fourth-order valence-corrected chi connectivity index (χ4v) is 3.58. The van der Waals surface area contributed by atoms with Crippen LogP contribution in [0.2, 0.25) is 0 Å². The van der Waals surface area contributed by atoms with Crippen molar-refractivity contribution in [2.24, 2.45) is 0 Å². The second kappa shape index (κ2) is 9.14. The molecule has 0 unspecified atom stereocenters. The number of amides is 2. The summed E-state index contributed by atoms with van der Waals surface area (Å²) in [6.07, 6.45) is 1.34. The Kier molecular flexibility index (Phi) is 6.39. The highest BCUT2D eigenvalue weighted by molar-refractivity contribution is 7.12. The molecule has 3 aromatic rings. The second-order valence-corrected chi connectivity index (χ2v) is 7.12. The summed E-state index contributed by atoms with van der Waals surface area (Å²) in [6.45, 7) is 2.41. The molecule has 4 nitrogen and oxygen atoms in total. The summed E-state index contributed by atoms with van der Waals surface area (Å²) in [6, 6.07) is 19.4. The van der Waals surface area contributed by atoms with Gasteiger partial charge in [-0.15, -0.1) is 11.3 Å². The van der Waals surface area contributed by atoms with E-state index in [1.807, 2.05) is 73.0 Å². The topological polar surface area (TPSA) is 58.2 Å². The number of carbonyl (C=O) groups excluding carboxylic acids is 2. The molecule has 138 valence electrons. The standard InChI is InChI=1S/C22H22N2O2S/c1-2-6-20(25)24-18-11-9-16(10-12-18)15-23-22(26)21-19(13-14-27-21)17-7-4-3-5-8-17/h3-5,7-14H,2,6,15H2,1H3,(H,23,26)(H,24,25). The van der Waals surface area contributed by atoms with Crippen molar-refractivity contribution in [2.75, 3.05) is 5.32 Å². The molecule has 1 aromatic heterocycles. The highest BCUT2D eigenvalue weighted by atomic mass is 32.1. The molecule has 0 radical (unpaired) electrons. The van der Waals surface area contributed by atoms with Gasteiger partial charge in [0.25, 0.3) is 5.91 Å². The maximum Gasteiger partial charge on any atom is 0.262 e. The van der Waals surface area contributed by atoms with Gasteiger partial charge in [0.2, 0.25) is 5.91 Å². The Bertz CT molecular complexity index is 902. The molecule has 0 atom stereocenters. The molecule has 3 rings (SSSR count). The van der Waals surface area contributed by atoms with E-state index in [9.17, 15) is 9.59 Å². The van der Waals surface area contributed by atoms with Gasteiger partial charge in [-0.25, -0.2) is 0 Å². The van der Waals surface area contributed by atoms with Crippen LogP contribution in [0, 0.1) is 0 Å². The first-order valence-electron chi connectivity index (χ1n) is 8.97. The number of hydrogen-bond acceptors (Lipinski definition) is 3. The van der Waals surface area contributed by atoms with Crippen LogP contribution in [0.5, 0.6) is 0 Å². The molecule has 2 aromatic carbocycles. The summed E-state index contributed by atoms with van der Waals surface area (Å²) < 4.78 is 0. The SMILES string of the molecule is CCCC(=O)Nc1ccc(CNC(=O)c2sccc2-c2ccccc2)cc1. The maximum absolute atomic E-state index is 12.6. The van der Waals surface area contributed by atoms with Crippen molar-refractivity contribution in [3.05, 3.63) is 76.5 Å². The van der Waals surface area contributed by atoms with E-state index in [-0.39, 0.29) is 11.8 Å². The summed E-state index contributed by atoms with van der Waals surface area (Å²) in [5.74, 6) is -0.0612. The van der Waals surface area contributed by atoms with Crippen LogP contribution in [0.15, 0.2) is 66.0 Å². The molecule has 0 aliphatic carbocycles. The predicted octanol–water partition coefficient (Wildman–Crippen LogP) is 5.08. The Labute approximate surface area is 163 Å². The lowest BCUT2D eigenvalue weighted by Crippen LogP contribution is -2.22. The van der Waals surface area contributed by atoms with E-state index in [2.05, 4.69) is 10.6 Å². The molecule has 0 fully saturated rings. The van der Waals surface area contributed by atoms with Gasteiger partial charge in [-0.2, -0.15) is 0 Å². The number of rotatable bonds is 7. The van der Waals surface area contributed by atoms with Gasteiger partial charge in [-0.1, -0.05) is 49.4 Å². The van der Waals surface area contributed by atoms with Crippen molar-refractivity contribution in [1.82, 2.24) is 5.32 Å². The van der Waals surface area contributed by atoms with E-state index in [0.29, 0.717) is 17.8 Å². The number of benzene rings is 2. The quantitative estimate of drug-likeness (QED) is 0.602. The lowest BCUT2D eigenvalue weighted by atomic mass is 10.1. The minimum atomic E-state index is -0.0795. The van der Waals surface area contributed by atoms with Crippen molar-refractivity contribution in [3.63, 3.8) is 0 Å². The zero-order valence-corrected chi connectivity index (χ0v) is 16.0. The Morgan fingerprint density at radius 3 is 2.41 bits per heavy atom. The van der Waals surface area contributed by atoms with E-state index >= 15 is 0 Å². The summed E-state index contributed by atoms with van der Waals surface area (Å²) >= 11 is 1.44. The Morgan fingerprint density at radius 2 is 1.70 bits per heavy atom. The summed E-state index contributed by atoms with van der Waals surface area (Å²) in [4.78, 5) is 24.9. The molecule has 0 bridgehead atoms. The van der Waals surface area contributed by atoms with Crippen LogP contribution in [-0.2, 0) is 11.3 Å². The highest BCUT2D eigenvalue weighted by Crippen LogP contribution is 2.28. The van der Waals surface area contributed by atoms with Crippen LogP contribution in [0.3, 0.4) is 0 Å². The molecule has 0 spiro atoms. The van der Waals surface area contributed by atoms with Gasteiger partial charge < -0.3 is 10.6 Å². The predicted molar refractivity (Wildman–Crippen MR) is 111 cm³/mol. The molecular weight excluding hydrogens is 356 g/mol. The van der Waals surface area contributed by atoms with Gasteiger partial charge >= 0.3 is 0 Å². The number of carbonyl (C=O) groups is 2. The summed E-state index contributed by atoms with van der Waals surface area (Å²) in [5, 5.41) is 7.77. The summed E-state index contributed by atoms with van der Waals surface area (Å²) in [7, 11) is 0. The number of hydrogen-bond donors (Lipinski definition) is 2. The van der Waals surface area contributed by atoms with E-state index < -0.39 is 0 Å². The second-order valence-electron chi connectivity index (χ2n) is 6.21. The highest BCUT2D eigenvalue weighted by Gasteiger charge is 2.14. The van der Waals surface area contributed by atoms with Crippen molar-refractivity contribution in [3.8, 4) is 11.1 Å². The van der Waals surface area contributed by atoms with Crippen LogP contribution in [-0.4, -0.2) is 11.8 Å². The van der Waals surface area contributed by atoms with Crippen LogP contribution < -0.4 is 10.6 Å².